The fourth-order valence-electron chi connectivity index (χ4n) is 2.28. The van der Waals surface area contributed by atoms with Crippen LogP contribution in [0.15, 0.2) is 24.3 Å². The van der Waals surface area contributed by atoms with Crippen LogP contribution in [-0.4, -0.2) is 40.2 Å². The van der Waals surface area contributed by atoms with Crippen molar-refractivity contribution < 1.29 is 27.9 Å². The van der Waals surface area contributed by atoms with E-state index in [1.165, 1.54) is 36.0 Å². The summed E-state index contributed by atoms with van der Waals surface area (Å²) in [7, 11) is 0. The maximum absolute atomic E-state index is 12.2. The number of carboxylic acids is 1. The van der Waals surface area contributed by atoms with Crippen molar-refractivity contribution in [2.75, 3.05) is 11.5 Å². The van der Waals surface area contributed by atoms with Crippen LogP contribution < -0.4 is 5.32 Å². The Balaban J connectivity index is 2.01. The zero-order valence-electron chi connectivity index (χ0n) is 12.2. The molecule has 1 unspecified atom stereocenters. The van der Waals surface area contributed by atoms with Gasteiger partial charge in [-0.25, -0.2) is 4.79 Å². The fraction of sp³-hybridized carbons (Fsp3) is 0.467. The van der Waals surface area contributed by atoms with Crippen molar-refractivity contribution in [1.29, 1.82) is 0 Å². The number of thioether (sulfide) groups is 1. The Morgan fingerprint density at radius 3 is 2.39 bits per heavy atom. The van der Waals surface area contributed by atoms with Crippen molar-refractivity contribution in [2.45, 2.75) is 31.0 Å². The quantitative estimate of drug-likeness (QED) is 0.860. The second kappa shape index (κ2) is 6.82. The number of amides is 1. The molecular formula is C15H16F3NO3S. The molecule has 0 spiro atoms. The summed E-state index contributed by atoms with van der Waals surface area (Å²) in [5.41, 5.74) is -0.557. The van der Waals surface area contributed by atoms with Crippen molar-refractivity contribution in [1.82, 2.24) is 5.32 Å². The second-order valence-corrected chi connectivity index (χ2v) is 6.56. The number of alkyl halides is 3. The first-order chi connectivity index (χ1) is 10.7. The highest BCUT2D eigenvalue weighted by Gasteiger charge is 2.43. The van der Waals surface area contributed by atoms with Gasteiger partial charge in [0.05, 0.1) is 0 Å². The zero-order valence-corrected chi connectivity index (χ0v) is 13.0. The molecule has 4 nitrogen and oxygen atoms in total. The minimum absolute atomic E-state index is 0.152. The molecule has 0 bridgehead atoms. The largest absolute Gasteiger partial charge is 0.479 e. The predicted octanol–water partition coefficient (Wildman–Crippen LogP) is 2.87. The zero-order chi connectivity index (χ0) is 17.1. The normalized spacial score (nSPS) is 21.2. The molecule has 1 heterocycles. The standard InChI is InChI=1S/C15H16F3NO3S/c16-15(17,18)6-5-10-1-3-11(4-2-10)12(20)19-14(13(21)22)7-8-23-9-14/h1-4H,5-9H2,(H,19,20)(H,21,22). The van der Waals surface area contributed by atoms with Gasteiger partial charge in [-0.1, -0.05) is 12.1 Å². The summed E-state index contributed by atoms with van der Waals surface area (Å²) in [5, 5.41) is 11.9. The molecule has 1 fully saturated rings. The van der Waals surface area contributed by atoms with Crippen molar-refractivity contribution >= 4 is 23.6 Å². The van der Waals surface area contributed by atoms with Crippen LogP contribution in [0, 0.1) is 0 Å². The summed E-state index contributed by atoms with van der Waals surface area (Å²) in [6, 6.07) is 5.74. The molecule has 1 atom stereocenters. The number of carbonyl (C=O) groups excluding carboxylic acids is 1. The highest BCUT2D eigenvalue weighted by Crippen LogP contribution is 2.28. The third-order valence-electron chi connectivity index (χ3n) is 3.70. The van der Waals surface area contributed by atoms with E-state index in [-0.39, 0.29) is 12.0 Å². The maximum atomic E-state index is 12.2. The van der Waals surface area contributed by atoms with Crippen LogP contribution in [0.3, 0.4) is 0 Å². The van der Waals surface area contributed by atoms with E-state index in [9.17, 15) is 27.9 Å². The summed E-state index contributed by atoms with van der Waals surface area (Å²) in [5.74, 6) is -0.643. The van der Waals surface area contributed by atoms with E-state index in [1.807, 2.05) is 0 Å². The number of nitrogens with one attached hydrogen (secondary N) is 1. The number of halogens is 3. The summed E-state index contributed by atoms with van der Waals surface area (Å²) < 4.78 is 36.5. The van der Waals surface area contributed by atoms with Gasteiger partial charge in [0.1, 0.15) is 5.54 Å². The average molecular weight is 347 g/mol. The van der Waals surface area contributed by atoms with Crippen LogP contribution in [-0.2, 0) is 11.2 Å². The van der Waals surface area contributed by atoms with Crippen LogP contribution >= 0.6 is 11.8 Å². The van der Waals surface area contributed by atoms with Gasteiger partial charge in [-0.3, -0.25) is 4.79 Å². The molecule has 1 saturated heterocycles. The van der Waals surface area contributed by atoms with Crippen molar-refractivity contribution in [3.63, 3.8) is 0 Å². The Kier molecular flexibility index (Phi) is 5.23. The lowest BCUT2D eigenvalue weighted by atomic mass is 9.98. The van der Waals surface area contributed by atoms with Gasteiger partial charge < -0.3 is 10.4 Å². The van der Waals surface area contributed by atoms with Gasteiger partial charge in [-0.05, 0) is 36.3 Å². The number of aryl methyl sites for hydroxylation is 1. The number of benzene rings is 1. The number of rotatable bonds is 5. The monoisotopic (exact) mass is 347 g/mol. The Labute approximate surface area is 135 Å². The number of carboxylic acid groups (broad SMARTS) is 1. The Bertz CT molecular complexity index is 581. The molecule has 126 valence electrons. The van der Waals surface area contributed by atoms with E-state index in [4.69, 9.17) is 0 Å². The Morgan fingerprint density at radius 2 is 1.91 bits per heavy atom. The molecule has 0 aromatic heterocycles. The Hall–Kier alpha value is -1.70. The molecule has 1 aliphatic heterocycles. The number of hydrogen-bond acceptors (Lipinski definition) is 3. The first-order valence-electron chi connectivity index (χ1n) is 7.01. The van der Waals surface area contributed by atoms with Crippen molar-refractivity contribution in [2.24, 2.45) is 0 Å². The summed E-state index contributed by atoms with van der Waals surface area (Å²) >= 11 is 1.46. The maximum Gasteiger partial charge on any atom is 0.389 e. The molecule has 2 rings (SSSR count). The first kappa shape index (κ1) is 17.7. The first-order valence-corrected chi connectivity index (χ1v) is 8.17. The molecule has 0 radical (unpaired) electrons. The van der Waals surface area contributed by atoms with Crippen LogP contribution in [0.1, 0.15) is 28.8 Å². The highest BCUT2D eigenvalue weighted by atomic mass is 32.2. The van der Waals surface area contributed by atoms with Crippen LogP contribution in [0.2, 0.25) is 0 Å². The lowest BCUT2D eigenvalue weighted by Gasteiger charge is -2.24. The van der Waals surface area contributed by atoms with Gasteiger partial charge >= 0.3 is 12.1 Å². The smallest absolute Gasteiger partial charge is 0.389 e. The van der Waals surface area contributed by atoms with E-state index >= 15 is 0 Å². The number of carbonyl (C=O) groups is 2. The summed E-state index contributed by atoms with van der Waals surface area (Å²) in [4.78, 5) is 23.6. The Morgan fingerprint density at radius 1 is 1.26 bits per heavy atom. The minimum atomic E-state index is -4.22. The molecule has 1 aliphatic rings. The minimum Gasteiger partial charge on any atom is -0.479 e. The molecule has 23 heavy (non-hydrogen) atoms. The average Bonchev–Trinajstić information content (AvgIpc) is 2.95. The summed E-state index contributed by atoms with van der Waals surface area (Å²) in [6.45, 7) is 0. The van der Waals surface area contributed by atoms with Gasteiger partial charge in [0, 0.05) is 17.7 Å². The highest BCUT2D eigenvalue weighted by molar-refractivity contribution is 7.99. The topological polar surface area (TPSA) is 66.4 Å². The van der Waals surface area contributed by atoms with Gasteiger partial charge in [0.15, 0.2) is 0 Å². The SMILES string of the molecule is O=C(NC1(C(=O)O)CCSC1)c1ccc(CCC(F)(F)F)cc1. The van der Waals surface area contributed by atoms with E-state index in [2.05, 4.69) is 5.32 Å². The predicted molar refractivity (Wildman–Crippen MR) is 80.6 cm³/mol. The lowest BCUT2D eigenvalue weighted by molar-refractivity contribution is -0.143. The van der Waals surface area contributed by atoms with Crippen LogP contribution in [0.4, 0.5) is 13.2 Å². The van der Waals surface area contributed by atoms with Gasteiger partial charge in [-0.2, -0.15) is 24.9 Å². The van der Waals surface area contributed by atoms with Gasteiger partial charge in [0.2, 0.25) is 0 Å². The second-order valence-electron chi connectivity index (χ2n) is 5.46. The van der Waals surface area contributed by atoms with Gasteiger partial charge in [-0.15, -0.1) is 0 Å². The van der Waals surface area contributed by atoms with Gasteiger partial charge in [0.25, 0.3) is 5.91 Å². The molecule has 1 aromatic carbocycles. The summed E-state index contributed by atoms with van der Waals surface area (Å²) in [6.07, 6.45) is -4.94. The molecule has 0 saturated carbocycles. The lowest BCUT2D eigenvalue weighted by Crippen LogP contribution is -2.54. The van der Waals surface area contributed by atoms with E-state index in [0.29, 0.717) is 23.5 Å². The number of hydrogen-bond donors (Lipinski definition) is 2. The molecule has 1 amide bonds. The molecular weight excluding hydrogens is 331 g/mol. The molecule has 1 aromatic rings. The fourth-order valence-corrected chi connectivity index (χ4v) is 3.61. The van der Waals surface area contributed by atoms with Crippen molar-refractivity contribution in [3.8, 4) is 0 Å². The number of aliphatic carboxylic acids is 1. The third kappa shape index (κ3) is 4.63. The third-order valence-corrected chi connectivity index (χ3v) is 4.89. The van der Waals surface area contributed by atoms with Crippen LogP contribution in [0.5, 0.6) is 0 Å². The van der Waals surface area contributed by atoms with E-state index in [1.54, 1.807) is 0 Å². The van der Waals surface area contributed by atoms with Crippen LogP contribution in [0.25, 0.3) is 0 Å². The van der Waals surface area contributed by atoms with E-state index < -0.39 is 30.0 Å². The molecule has 8 heteroatoms. The van der Waals surface area contributed by atoms with Crippen molar-refractivity contribution in [3.05, 3.63) is 35.4 Å². The molecule has 0 aliphatic carbocycles. The van der Waals surface area contributed by atoms with E-state index in [0.717, 1.165) is 0 Å². The molecule has 2 N–H and O–H groups in total.